The summed E-state index contributed by atoms with van der Waals surface area (Å²) in [6.07, 6.45) is 2.41. The third-order valence-electron chi connectivity index (χ3n) is 7.57. The number of hydrogen-bond acceptors (Lipinski definition) is 5. The van der Waals surface area contributed by atoms with Crippen molar-refractivity contribution in [2.45, 2.75) is 57.3 Å². The first-order valence-electron chi connectivity index (χ1n) is 13.1. The van der Waals surface area contributed by atoms with E-state index in [-0.39, 0.29) is 35.7 Å². The summed E-state index contributed by atoms with van der Waals surface area (Å²) < 4.78 is 27.0. The summed E-state index contributed by atoms with van der Waals surface area (Å²) in [5.41, 5.74) is 9.24. The number of rotatable bonds is 9. The first-order valence-corrected chi connectivity index (χ1v) is 13.1. The number of hydrogen-bond donors (Lipinski definition) is 2. The summed E-state index contributed by atoms with van der Waals surface area (Å²) in [4.78, 5) is 15.2. The van der Waals surface area contributed by atoms with Crippen LogP contribution < -0.4 is 5.73 Å². The van der Waals surface area contributed by atoms with Crippen molar-refractivity contribution in [2.24, 2.45) is 17.6 Å². The van der Waals surface area contributed by atoms with E-state index in [1.165, 1.54) is 6.07 Å². The topological polar surface area (TPSA) is 85.0 Å². The quantitative estimate of drug-likeness (QED) is 0.506. The monoisotopic (exact) mass is 498 g/mol. The number of carbonyl (C=O) groups is 1. The minimum absolute atomic E-state index is 0.0237. The predicted molar refractivity (Wildman–Crippen MR) is 138 cm³/mol. The van der Waals surface area contributed by atoms with Crippen LogP contribution in [0.15, 0.2) is 42.5 Å². The van der Waals surface area contributed by atoms with Gasteiger partial charge in [0.15, 0.2) is 0 Å². The Hall–Kier alpha value is -2.32. The molecule has 1 heterocycles. The molecule has 5 atom stereocenters. The highest BCUT2D eigenvalue weighted by Gasteiger charge is 2.39. The van der Waals surface area contributed by atoms with Gasteiger partial charge in [-0.05, 0) is 56.2 Å². The van der Waals surface area contributed by atoms with Gasteiger partial charge in [-0.2, -0.15) is 0 Å². The smallest absolute Gasteiger partial charge is 0.225 e. The molecule has 0 spiro atoms. The van der Waals surface area contributed by atoms with Crippen LogP contribution >= 0.6 is 0 Å². The number of methoxy groups -OCH3 is 1. The maximum Gasteiger partial charge on any atom is 0.225 e. The van der Waals surface area contributed by atoms with Gasteiger partial charge >= 0.3 is 0 Å². The molecule has 0 aromatic heterocycles. The van der Waals surface area contributed by atoms with Gasteiger partial charge in [0.2, 0.25) is 5.91 Å². The highest BCUT2D eigenvalue weighted by Crippen LogP contribution is 2.40. The largest absolute Gasteiger partial charge is 0.391 e. The van der Waals surface area contributed by atoms with Crippen molar-refractivity contribution in [1.29, 1.82) is 0 Å². The van der Waals surface area contributed by atoms with E-state index in [9.17, 15) is 9.90 Å². The van der Waals surface area contributed by atoms with Crippen molar-refractivity contribution in [3.63, 3.8) is 0 Å². The molecule has 2 aliphatic rings. The molecule has 1 saturated carbocycles. The minimum Gasteiger partial charge on any atom is -0.391 e. The van der Waals surface area contributed by atoms with Gasteiger partial charge in [-0.1, -0.05) is 42.0 Å². The third kappa shape index (κ3) is 6.14. The van der Waals surface area contributed by atoms with E-state index in [0.29, 0.717) is 44.7 Å². The van der Waals surface area contributed by atoms with Gasteiger partial charge < -0.3 is 25.2 Å². The summed E-state index contributed by atoms with van der Waals surface area (Å²) in [5, 5.41) is 10.1. The fourth-order valence-electron chi connectivity index (χ4n) is 5.74. The SMILES string of the molecule is COCCCO[C@@H](c1cccc(F)c1-c1cccc(C)c1)[C@H]1CCCN(C(=O)[C@H]2C[C@@H](N)[C@@H](O)C2)C1. The summed E-state index contributed by atoms with van der Waals surface area (Å²) in [6.45, 7) is 4.29. The standard InChI is InChI=1S/C29H39FN2O4/c1-19-7-3-8-20(15-19)27-23(10-4-11-24(27)30)28(36-14-6-13-35-2)21-9-5-12-32(18-21)29(34)22-16-25(31)26(33)17-22/h3-4,7-8,10-11,15,21-22,25-26,28,33H,5-6,9,12-14,16-18,31H2,1-2H3/t21-,22-,25+,26-,28+/m0/s1. The zero-order valence-electron chi connectivity index (χ0n) is 21.4. The number of aliphatic hydroxyl groups is 1. The molecule has 2 aromatic carbocycles. The molecule has 1 aliphatic carbocycles. The molecular formula is C29H39FN2O4. The van der Waals surface area contributed by atoms with Crippen molar-refractivity contribution < 1.29 is 23.8 Å². The van der Waals surface area contributed by atoms with Gasteiger partial charge in [0, 0.05) is 56.9 Å². The second-order valence-electron chi connectivity index (χ2n) is 10.3. The Morgan fingerprint density at radius 1 is 1.22 bits per heavy atom. The lowest BCUT2D eigenvalue weighted by atomic mass is 9.84. The fraction of sp³-hybridized carbons (Fsp3) is 0.552. The van der Waals surface area contributed by atoms with Gasteiger partial charge in [0.25, 0.3) is 0 Å². The highest BCUT2D eigenvalue weighted by atomic mass is 19.1. The maximum absolute atomic E-state index is 15.3. The van der Waals surface area contributed by atoms with Gasteiger partial charge in [-0.3, -0.25) is 4.79 Å². The molecule has 2 fully saturated rings. The third-order valence-corrected chi connectivity index (χ3v) is 7.57. The molecule has 1 saturated heterocycles. The molecule has 196 valence electrons. The number of nitrogens with zero attached hydrogens (tertiary/aromatic N) is 1. The van der Waals surface area contributed by atoms with Crippen LogP contribution in [0, 0.1) is 24.6 Å². The molecule has 7 heteroatoms. The van der Waals surface area contributed by atoms with Crippen molar-refractivity contribution in [3.8, 4) is 11.1 Å². The number of carbonyl (C=O) groups excluding carboxylic acids is 1. The van der Waals surface area contributed by atoms with E-state index in [2.05, 4.69) is 0 Å². The molecule has 0 radical (unpaired) electrons. The van der Waals surface area contributed by atoms with Crippen LogP contribution in [-0.2, 0) is 14.3 Å². The zero-order valence-corrected chi connectivity index (χ0v) is 21.4. The fourth-order valence-corrected chi connectivity index (χ4v) is 5.74. The molecule has 36 heavy (non-hydrogen) atoms. The number of amides is 1. The molecule has 1 amide bonds. The molecular weight excluding hydrogens is 459 g/mol. The Morgan fingerprint density at radius 2 is 2.03 bits per heavy atom. The van der Waals surface area contributed by atoms with Crippen molar-refractivity contribution in [3.05, 3.63) is 59.4 Å². The van der Waals surface area contributed by atoms with Crippen LogP contribution in [0.5, 0.6) is 0 Å². The predicted octanol–water partition coefficient (Wildman–Crippen LogP) is 4.23. The first-order chi connectivity index (χ1) is 17.4. The Kier molecular flexibility index (Phi) is 9.12. The van der Waals surface area contributed by atoms with Crippen molar-refractivity contribution in [1.82, 2.24) is 4.90 Å². The second-order valence-corrected chi connectivity index (χ2v) is 10.3. The van der Waals surface area contributed by atoms with E-state index in [1.54, 1.807) is 13.2 Å². The van der Waals surface area contributed by atoms with E-state index in [1.807, 2.05) is 42.2 Å². The number of likely N-dealkylation sites (tertiary alicyclic amines) is 1. The van der Waals surface area contributed by atoms with Crippen LogP contribution in [0.3, 0.4) is 0 Å². The normalized spacial score (nSPS) is 25.2. The molecule has 4 rings (SSSR count). The first kappa shape index (κ1) is 26.7. The Morgan fingerprint density at radius 3 is 2.75 bits per heavy atom. The van der Waals surface area contributed by atoms with Crippen LogP contribution in [-0.4, -0.2) is 61.5 Å². The van der Waals surface area contributed by atoms with Gasteiger partial charge in [-0.15, -0.1) is 0 Å². The highest BCUT2D eigenvalue weighted by molar-refractivity contribution is 5.79. The van der Waals surface area contributed by atoms with E-state index in [4.69, 9.17) is 15.2 Å². The Labute approximate surface area is 213 Å². The lowest BCUT2D eigenvalue weighted by Gasteiger charge is -2.38. The lowest BCUT2D eigenvalue weighted by molar-refractivity contribution is -0.139. The summed E-state index contributed by atoms with van der Waals surface area (Å²) in [5.74, 6) is -0.438. The lowest BCUT2D eigenvalue weighted by Crippen LogP contribution is -2.44. The average Bonchev–Trinajstić information content (AvgIpc) is 3.21. The van der Waals surface area contributed by atoms with E-state index in [0.717, 1.165) is 36.0 Å². The Balaban J connectivity index is 1.62. The van der Waals surface area contributed by atoms with Crippen molar-refractivity contribution in [2.75, 3.05) is 33.4 Å². The summed E-state index contributed by atoms with van der Waals surface area (Å²) >= 11 is 0. The molecule has 2 aromatic rings. The number of benzene rings is 2. The average molecular weight is 499 g/mol. The van der Waals surface area contributed by atoms with Gasteiger partial charge in [0.05, 0.1) is 12.2 Å². The number of aryl methyl sites for hydroxylation is 1. The van der Waals surface area contributed by atoms with E-state index >= 15 is 4.39 Å². The van der Waals surface area contributed by atoms with Crippen LogP contribution in [0.25, 0.3) is 11.1 Å². The number of halogens is 1. The van der Waals surface area contributed by atoms with Gasteiger partial charge in [-0.25, -0.2) is 4.39 Å². The zero-order chi connectivity index (χ0) is 25.7. The number of aliphatic hydroxyl groups excluding tert-OH is 1. The summed E-state index contributed by atoms with van der Waals surface area (Å²) in [6, 6.07) is 12.7. The Bertz CT molecular complexity index is 1020. The maximum atomic E-state index is 15.3. The molecule has 3 N–H and O–H groups in total. The molecule has 6 nitrogen and oxygen atoms in total. The van der Waals surface area contributed by atoms with Crippen molar-refractivity contribution >= 4 is 5.91 Å². The van der Waals surface area contributed by atoms with Gasteiger partial charge in [0.1, 0.15) is 5.82 Å². The molecule has 0 bridgehead atoms. The van der Waals surface area contributed by atoms with Crippen LogP contribution in [0.2, 0.25) is 0 Å². The second kappa shape index (κ2) is 12.3. The molecule has 0 unspecified atom stereocenters. The number of piperidine rings is 1. The van der Waals surface area contributed by atoms with Crippen LogP contribution in [0.4, 0.5) is 4.39 Å². The summed E-state index contributed by atoms with van der Waals surface area (Å²) in [7, 11) is 1.66. The molecule has 1 aliphatic heterocycles. The number of ether oxygens (including phenoxy) is 2. The number of nitrogens with two attached hydrogens (primary N) is 1. The minimum atomic E-state index is -0.624. The van der Waals surface area contributed by atoms with Crippen LogP contribution in [0.1, 0.15) is 49.3 Å². The van der Waals surface area contributed by atoms with E-state index < -0.39 is 6.10 Å².